The van der Waals surface area contributed by atoms with Gasteiger partial charge in [-0.25, -0.2) is 9.59 Å². The molecule has 1 aromatic carbocycles. The number of halogens is 1. The van der Waals surface area contributed by atoms with Gasteiger partial charge in [0.1, 0.15) is 11.6 Å². The number of anilines is 1. The van der Waals surface area contributed by atoms with Crippen LogP contribution in [0.3, 0.4) is 0 Å². The molecule has 2 unspecified atom stereocenters. The van der Waals surface area contributed by atoms with Crippen LogP contribution in [0.25, 0.3) is 0 Å². The molecule has 2 amide bonds. The Morgan fingerprint density at radius 1 is 1.22 bits per heavy atom. The van der Waals surface area contributed by atoms with Gasteiger partial charge in [0.25, 0.3) is 0 Å². The maximum atomic E-state index is 12.8. The number of hydrogen-bond acceptors (Lipinski definition) is 5. The van der Waals surface area contributed by atoms with E-state index in [0.29, 0.717) is 6.42 Å². The van der Waals surface area contributed by atoms with E-state index in [1.165, 1.54) is 25.3 Å². The van der Waals surface area contributed by atoms with Crippen molar-refractivity contribution >= 4 is 35.3 Å². The Labute approximate surface area is 164 Å². The van der Waals surface area contributed by atoms with E-state index in [2.05, 4.69) is 15.4 Å². The van der Waals surface area contributed by atoms with E-state index in [4.69, 9.17) is 16.3 Å². The molecule has 0 aliphatic heterocycles. The first-order chi connectivity index (χ1) is 12.5. The second kappa shape index (κ2) is 9.60. The third-order valence-corrected chi connectivity index (χ3v) is 4.14. The van der Waals surface area contributed by atoms with Crippen LogP contribution in [0.15, 0.2) is 18.2 Å². The van der Waals surface area contributed by atoms with E-state index in [1.54, 1.807) is 20.8 Å². The van der Waals surface area contributed by atoms with E-state index in [1.807, 2.05) is 13.8 Å². The molecule has 1 aromatic rings. The second-order valence-corrected chi connectivity index (χ2v) is 7.59. The van der Waals surface area contributed by atoms with Gasteiger partial charge in [-0.05, 0) is 44.9 Å². The number of rotatable bonds is 6. The van der Waals surface area contributed by atoms with E-state index >= 15 is 0 Å². The summed E-state index contributed by atoms with van der Waals surface area (Å²) in [6, 6.07) is 3.58. The van der Waals surface area contributed by atoms with Crippen LogP contribution in [0.5, 0.6) is 0 Å². The van der Waals surface area contributed by atoms with Gasteiger partial charge in [0.2, 0.25) is 5.91 Å². The summed E-state index contributed by atoms with van der Waals surface area (Å²) < 4.78 is 9.90. The van der Waals surface area contributed by atoms with Crippen molar-refractivity contribution in [3.8, 4) is 0 Å². The number of benzene rings is 1. The van der Waals surface area contributed by atoms with Crippen molar-refractivity contribution < 1.29 is 23.9 Å². The normalized spacial score (nSPS) is 13.3. The minimum Gasteiger partial charge on any atom is -0.465 e. The standard InChI is InChI=1S/C19H27ClN2O5/c1-7-11(2)15(22-18(25)27-19(3,4)5)16(23)21-14-10-12(17(24)26-6)8-9-13(14)20/h8-11,15H,7H2,1-6H3,(H,21,23)(H,22,25). The van der Waals surface area contributed by atoms with Crippen molar-refractivity contribution in [2.24, 2.45) is 5.92 Å². The summed E-state index contributed by atoms with van der Waals surface area (Å²) in [7, 11) is 1.26. The van der Waals surface area contributed by atoms with Gasteiger partial charge in [-0.1, -0.05) is 31.9 Å². The molecule has 0 spiro atoms. The molecule has 8 heteroatoms. The van der Waals surface area contributed by atoms with Crippen LogP contribution >= 0.6 is 11.6 Å². The number of carbonyl (C=O) groups excluding carboxylic acids is 3. The van der Waals surface area contributed by atoms with Crippen molar-refractivity contribution in [1.29, 1.82) is 0 Å². The van der Waals surface area contributed by atoms with Crippen molar-refractivity contribution in [3.63, 3.8) is 0 Å². The van der Waals surface area contributed by atoms with Crippen LogP contribution < -0.4 is 10.6 Å². The smallest absolute Gasteiger partial charge is 0.408 e. The number of amides is 2. The van der Waals surface area contributed by atoms with Crippen molar-refractivity contribution in [2.75, 3.05) is 12.4 Å². The molecule has 0 bridgehead atoms. The Bertz CT molecular complexity index is 700. The molecule has 0 aliphatic carbocycles. The predicted molar refractivity (Wildman–Crippen MR) is 104 cm³/mol. The number of methoxy groups -OCH3 is 1. The maximum Gasteiger partial charge on any atom is 0.408 e. The Hall–Kier alpha value is -2.28. The predicted octanol–water partition coefficient (Wildman–Crippen LogP) is 4.00. The molecule has 2 atom stereocenters. The SMILES string of the molecule is CCC(C)C(NC(=O)OC(C)(C)C)C(=O)Nc1cc(C(=O)OC)ccc1Cl. The van der Waals surface area contributed by atoms with Crippen molar-refractivity contribution in [3.05, 3.63) is 28.8 Å². The summed E-state index contributed by atoms with van der Waals surface area (Å²) in [4.78, 5) is 36.5. The van der Waals surface area contributed by atoms with Crippen molar-refractivity contribution in [2.45, 2.75) is 52.7 Å². The number of nitrogens with one attached hydrogen (secondary N) is 2. The van der Waals surface area contributed by atoms with Gasteiger partial charge < -0.3 is 20.1 Å². The first-order valence-electron chi connectivity index (χ1n) is 8.66. The molecule has 7 nitrogen and oxygen atoms in total. The van der Waals surface area contributed by atoms with Gasteiger partial charge in [-0.2, -0.15) is 0 Å². The zero-order valence-corrected chi connectivity index (χ0v) is 17.3. The zero-order chi connectivity index (χ0) is 20.8. The lowest BCUT2D eigenvalue weighted by Crippen LogP contribution is -2.49. The molecule has 0 fully saturated rings. The third kappa shape index (κ3) is 7.09. The van der Waals surface area contributed by atoms with Gasteiger partial charge >= 0.3 is 12.1 Å². The number of hydrogen-bond donors (Lipinski definition) is 2. The highest BCUT2D eigenvalue weighted by Crippen LogP contribution is 2.24. The average Bonchev–Trinajstić information content (AvgIpc) is 2.58. The zero-order valence-electron chi connectivity index (χ0n) is 16.5. The monoisotopic (exact) mass is 398 g/mol. The highest BCUT2D eigenvalue weighted by molar-refractivity contribution is 6.34. The fourth-order valence-electron chi connectivity index (χ4n) is 2.21. The Kier molecular flexibility index (Phi) is 8.09. The molecule has 27 heavy (non-hydrogen) atoms. The minimum atomic E-state index is -0.831. The molecular weight excluding hydrogens is 372 g/mol. The van der Waals surface area contributed by atoms with Crippen LogP contribution in [0, 0.1) is 5.92 Å². The lowest BCUT2D eigenvalue weighted by atomic mass is 9.98. The lowest BCUT2D eigenvalue weighted by Gasteiger charge is -2.26. The highest BCUT2D eigenvalue weighted by atomic mass is 35.5. The van der Waals surface area contributed by atoms with Gasteiger partial charge in [0, 0.05) is 0 Å². The average molecular weight is 399 g/mol. The number of alkyl carbamates (subject to hydrolysis) is 1. The van der Waals surface area contributed by atoms with Gasteiger partial charge in [-0.3, -0.25) is 4.79 Å². The quantitative estimate of drug-likeness (QED) is 0.706. The fourth-order valence-corrected chi connectivity index (χ4v) is 2.38. The molecule has 0 radical (unpaired) electrons. The van der Waals surface area contributed by atoms with Crippen molar-refractivity contribution in [1.82, 2.24) is 5.32 Å². The van der Waals surface area contributed by atoms with E-state index in [-0.39, 0.29) is 22.2 Å². The van der Waals surface area contributed by atoms with Crippen LogP contribution in [0.4, 0.5) is 10.5 Å². The largest absolute Gasteiger partial charge is 0.465 e. The summed E-state index contributed by atoms with van der Waals surface area (Å²) in [6.45, 7) is 8.97. The molecule has 0 heterocycles. The second-order valence-electron chi connectivity index (χ2n) is 7.18. The van der Waals surface area contributed by atoms with Crippen LogP contribution in [0.2, 0.25) is 5.02 Å². The molecule has 0 aliphatic rings. The molecule has 0 aromatic heterocycles. The summed E-state index contributed by atoms with van der Waals surface area (Å²) in [6.07, 6.45) is -0.0264. The topological polar surface area (TPSA) is 93.7 Å². The van der Waals surface area contributed by atoms with Gasteiger partial charge in [-0.15, -0.1) is 0 Å². The van der Waals surface area contributed by atoms with Crippen LogP contribution in [-0.4, -0.2) is 36.7 Å². The minimum absolute atomic E-state index is 0.153. The van der Waals surface area contributed by atoms with E-state index < -0.39 is 29.6 Å². The highest BCUT2D eigenvalue weighted by Gasteiger charge is 2.28. The molecule has 2 N–H and O–H groups in total. The van der Waals surface area contributed by atoms with Crippen LogP contribution in [0.1, 0.15) is 51.4 Å². The number of carbonyl (C=O) groups is 3. The Morgan fingerprint density at radius 3 is 2.37 bits per heavy atom. The molecule has 1 rings (SSSR count). The van der Waals surface area contributed by atoms with E-state index in [9.17, 15) is 14.4 Å². The summed E-state index contributed by atoms with van der Waals surface area (Å²) >= 11 is 6.12. The molecule has 0 saturated carbocycles. The molecular formula is C19H27ClN2O5. The number of ether oxygens (including phenoxy) is 2. The fraction of sp³-hybridized carbons (Fsp3) is 0.526. The lowest BCUT2D eigenvalue weighted by molar-refractivity contribution is -0.119. The summed E-state index contributed by atoms with van der Waals surface area (Å²) in [5, 5.41) is 5.53. The van der Waals surface area contributed by atoms with E-state index in [0.717, 1.165) is 0 Å². The summed E-state index contributed by atoms with van der Waals surface area (Å²) in [5.41, 5.74) is -0.181. The summed E-state index contributed by atoms with van der Waals surface area (Å²) in [5.74, 6) is -1.16. The Morgan fingerprint density at radius 2 is 1.85 bits per heavy atom. The maximum absolute atomic E-state index is 12.8. The van der Waals surface area contributed by atoms with Crippen LogP contribution in [-0.2, 0) is 14.3 Å². The van der Waals surface area contributed by atoms with Gasteiger partial charge in [0.15, 0.2) is 0 Å². The third-order valence-electron chi connectivity index (χ3n) is 3.81. The molecule has 150 valence electrons. The first-order valence-corrected chi connectivity index (χ1v) is 9.04. The molecule has 0 saturated heterocycles. The first kappa shape index (κ1) is 22.8. The van der Waals surface area contributed by atoms with Gasteiger partial charge in [0.05, 0.1) is 23.4 Å². The Balaban J connectivity index is 3.00. The number of esters is 1.